The van der Waals surface area contributed by atoms with Crippen LogP contribution in [0.2, 0.25) is 5.02 Å². The Kier molecular flexibility index (Phi) is 5.55. The Labute approximate surface area is 120 Å². The fourth-order valence-corrected chi connectivity index (χ4v) is 3.44. The molecule has 1 rings (SSSR count). The van der Waals surface area contributed by atoms with Crippen molar-refractivity contribution < 1.29 is 8.42 Å². The molecule has 0 unspecified atom stereocenters. The summed E-state index contributed by atoms with van der Waals surface area (Å²) in [6.45, 7) is 6.37. The van der Waals surface area contributed by atoms with E-state index in [0.29, 0.717) is 6.54 Å². The van der Waals surface area contributed by atoms with Crippen molar-refractivity contribution in [2.75, 3.05) is 20.6 Å². The van der Waals surface area contributed by atoms with E-state index in [0.717, 1.165) is 11.1 Å². The first kappa shape index (κ1) is 16.2. The van der Waals surface area contributed by atoms with Crippen molar-refractivity contribution in [3.8, 4) is 0 Å². The average molecular weight is 303 g/mol. The Balaban J connectivity index is 3.19. The smallest absolute Gasteiger partial charge is 0.244 e. The molecule has 0 saturated carbocycles. The van der Waals surface area contributed by atoms with E-state index in [1.807, 2.05) is 0 Å². The standard InChI is InChI=1S/C13H19ClN2O2S/c1-10(2)9-16(4)19(17,18)13-7-11(8-15-3)5-6-12(13)14/h5-7,15H,1,8-9H2,2-4H3. The number of halogens is 1. The van der Waals surface area contributed by atoms with Crippen LogP contribution in [0.25, 0.3) is 0 Å². The number of hydrogen-bond acceptors (Lipinski definition) is 3. The van der Waals surface area contributed by atoms with Crippen LogP contribution in [-0.4, -0.2) is 33.4 Å². The van der Waals surface area contributed by atoms with Crippen molar-refractivity contribution in [1.29, 1.82) is 0 Å². The number of nitrogens with one attached hydrogen (secondary N) is 1. The Morgan fingerprint density at radius 1 is 1.47 bits per heavy atom. The van der Waals surface area contributed by atoms with Gasteiger partial charge >= 0.3 is 0 Å². The lowest BCUT2D eigenvalue weighted by Gasteiger charge is -2.18. The highest BCUT2D eigenvalue weighted by atomic mass is 35.5. The molecule has 106 valence electrons. The Hall–Kier alpha value is -0.880. The zero-order valence-corrected chi connectivity index (χ0v) is 13.0. The zero-order chi connectivity index (χ0) is 14.6. The molecule has 0 aliphatic rings. The van der Waals surface area contributed by atoms with E-state index in [4.69, 9.17) is 11.6 Å². The molecule has 0 amide bonds. The van der Waals surface area contributed by atoms with Gasteiger partial charge in [0.15, 0.2) is 0 Å². The highest BCUT2D eigenvalue weighted by molar-refractivity contribution is 7.89. The number of nitrogens with zero attached hydrogens (tertiary/aromatic N) is 1. The second kappa shape index (κ2) is 6.52. The quantitative estimate of drug-likeness (QED) is 0.820. The second-order valence-electron chi connectivity index (χ2n) is 4.51. The van der Waals surface area contributed by atoms with Crippen LogP contribution >= 0.6 is 11.6 Å². The van der Waals surface area contributed by atoms with E-state index < -0.39 is 10.0 Å². The van der Waals surface area contributed by atoms with Crippen LogP contribution in [0.5, 0.6) is 0 Å². The fraction of sp³-hybridized carbons (Fsp3) is 0.385. The lowest BCUT2D eigenvalue weighted by molar-refractivity contribution is 0.493. The van der Waals surface area contributed by atoms with E-state index in [1.165, 1.54) is 11.4 Å². The van der Waals surface area contributed by atoms with Gasteiger partial charge in [0.1, 0.15) is 4.90 Å². The van der Waals surface area contributed by atoms with Crippen molar-refractivity contribution in [1.82, 2.24) is 9.62 Å². The molecule has 1 N–H and O–H groups in total. The summed E-state index contributed by atoms with van der Waals surface area (Å²) < 4.78 is 26.1. The topological polar surface area (TPSA) is 49.4 Å². The molecule has 4 nitrogen and oxygen atoms in total. The van der Waals surface area contributed by atoms with Gasteiger partial charge in [0.05, 0.1) is 5.02 Å². The molecular weight excluding hydrogens is 284 g/mol. The molecule has 0 aliphatic carbocycles. The van der Waals surface area contributed by atoms with E-state index in [2.05, 4.69) is 11.9 Å². The molecule has 19 heavy (non-hydrogen) atoms. The first-order chi connectivity index (χ1) is 8.78. The van der Waals surface area contributed by atoms with Gasteiger partial charge in [0.2, 0.25) is 10.0 Å². The van der Waals surface area contributed by atoms with Gasteiger partial charge in [-0.05, 0) is 31.7 Å². The van der Waals surface area contributed by atoms with Crippen molar-refractivity contribution in [2.24, 2.45) is 0 Å². The lowest BCUT2D eigenvalue weighted by atomic mass is 10.2. The van der Waals surface area contributed by atoms with Crippen molar-refractivity contribution in [2.45, 2.75) is 18.4 Å². The van der Waals surface area contributed by atoms with Gasteiger partial charge in [-0.15, -0.1) is 0 Å². The SMILES string of the molecule is C=C(C)CN(C)S(=O)(=O)c1cc(CNC)ccc1Cl. The number of hydrogen-bond donors (Lipinski definition) is 1. The molecule has 0 aromatic heterocycles. The maximum absolute atomic E-state index is 12.4. The van der Waals surface area contributed by atoms with Crippen LogP contribution < -0.4 is 5.32 Å². The first-order valence-corrected chi connectivity index (χ1v) is 7.64. The van der Waals surface area contributed by atoms with Crippen LogP contribution in [0.4, 0.5) is 0 Å². The third-order valence-corrected chi connectivity index (χ3v) is 4.84. The van der Waals surface area contributed by atoms with Gasteiger partial charge < -0.3 is 5.32 Å². The molecule has 1 aromatic rings. The van der Waals surface area contributed by atoms with Crippen LogP contribution in [0.15, 0.2) is 35.2 Å². The summed E-state index contributed by atoms with van der Waals surface area (Å²) in [6, 6.07) is 5.01. The van der Waals surface area contributed by atoms with Gasteiger partial charge in [-0.25, -0.2) is 8.42 Å². The highest BCUT2D eigenvalue weighted by Gasteiger charge is 2.23. The van der Waals surface area contributed by atoms with Crippen LogP contribution in [0, 0.1) is 0 Å². The van der Waals surface area contributed by atoms with E-state index in [1.54, 1.807) is 32.2 Å². The van der Waals surface area contributed by atoms with Crippen molar-refractivity contribution in [3.05, 3.63) is 40.9 Å². The number of benzene rings is 1. The van der Waals surface area contributed by atoms with Crippen molar-refractivity contribution >= 4 is 21.6 Å². The molecule has 0 spiro atoms. The van der Waals surface area contributed by atoms with Gasteiger partial charge in [-0.2, -0.15) is 4.31 Å². The molecule has 0 fully saturated rings. The monoisotopic (exact) mass is 302 g/mol. The minimum absolute atomic E-state index is 0.130. The zero-order valence-electron chi connectivity index (χ0n) is 11.4. The van der Waals surface area contributed by atoms with E-state index in [9.17, 15) is 8.42 Å². The van der Waals surface area contributed by atoms with E-state index in [-0.39, 0.29) is 16.5 Å². The average Bonchev–Trinajstić information content (AvgIpc) is 2.30. The maximum Gasteiger partial charge on any atom is 0.244 e. The largest absolute Gasteiger partial charge is 0.316 e. The van der Waals surface area contributed by atoms with Gasteiger partial charge in [0, 0.05) is 20.1 Å². The molecule has 0 atom stereocenters. The van der Waals surface area contributed by atoms with Crippen molar-refractivity contribution in [3.63, 3.8) is 0 Å². The summed E-state index contributed by atoms with van der Waals surface area (Å²) in [7, 11) is -0.272. The molecule has 0 radical (unpaired) electrons. The fourth-order valence-electron chi connectivity index (χ4n) is 1.69. The molecular formula is C13H19ClN2O2S. The summed E-state index contributed by atoms with van der Waals surface area (Å²) in [4.78, 5) is 0.130. The van der Waals surface area contributed by atoms with Crippen LogP contribution in [0.3, 0.4) is 0 Å². The minimum atomic E-state index is -3.59. The third-order valence-electron chi connectivity index (χ3n) is 2.56. The number of likely N-dealkylation sites (N-methyl/N-ethyl adjacent to an activating group) is 1. The number of rotatable bonds is 6. The van der Waals surface area contributed by atoms with Gasteiger partial charge in [-0.3, -0.25) is 0 Å². The minimum Gasteiger partial charge on any atom is -0.316 e. The Morgan fingerprint density at radius 3 is 2.63 bits per heavy atom. The maximum atomic E-state index is 12.4. The van der Waals surface area contributed by atoms with Gasteiger partial charge in [0.25, 0.3) is 0 Å². The Bertz CT molecular complexity index is 570. The molecule has 0 bridgehead atoms. The normalized spacial score (nSPS) is 11.8. The predicted octanol–water partition coefficient (Wildman–Crippen LogP) is 2.26. The molecule has 0 saturated heterocycles. The summed E-state index contributed by atoms with van der Waals surface area (Å²) in [5.74, 6) is 0. The van der Waals surface area contributed by atoms with Crippen LogP contribution in [-0.2, 0) is 16.6 Å². The molecule has 0 aliphatic heterocycles. The molecule has 0 heterocycles. The second-order valence-corrected chi connectivity index (χ2v) is 6.93. The predicted molar refractivity (Wildman–Crippen MR) is 78.8 cm³/mol. The summed E-state index contributed by atoms with van der Waals surface area (Å²) in [5, 5.41) is 3.21. The highest BCUT2D eigenvalue weighted by Crippen LogP contribution is 2.25. The number of sulfonamides is 1. The first-order valence-electron chi connectivity index (χ1n) is 5.82. The van der Waals surface area contributed by atoms with Crippen LogP contribution in [0.1, 0.15) is 12.5 Å². The lowest BCUT2D eigenvalue weighted by Crippen LogP contribution is -2.28. The third kappa shape index (κ3) is 4.04. The molecule has 6 heteroatoms. The van der Waals surface area contributed by atoms with E-state index >= 15 is 0 Å². The van der Waals surface area contributed by atoms with Gasteiger partial charge in [-0.1, -0.05) is 29.8 Å². The summed E-state index contributed by atoms with van der Waals surface area (Å²) in [6.07, 6.45) is 0. The Morgan fingerprint density at radius 2 is 2.11 bits per heavy atom. The summed E-state index contributed by atoms with van der Waals surface area (Å²) in [5.41, 5.74) is 1.64. The molecule has 1 aromatic carbocycles. The summed E-state index contributed by atoms with van der Waals surface area (Å²) >= 11 is 6.01.